The number of benzene rings is 4. The predicted molar refractivity (Wildman–Crippen MR) is 147 cm³/mol. The van der Waals surface area contributed by atoms with Crippen LogP contribution in [0, 0.1) is 5.41 Å². The summed E-state index contributed by atoms with van der Waals surface area (Å²) in [5, 5.41) is 5.24. The summed E-state index contributed by atoms with van der Waals surface area (Å²) in [5.41, 5.74) is 0.500. The molecule has 0 atom stereocenters. The molecule has 0 amide bonds. The summed E-state index contributed by atoms with van der Waals surface area (Å²) in [4.78, 5) is 0. The molecule has 0 bridgehead atoms. The van der Waals surface area contributed by atoms with Crippen molar-refractivity contribution < 1.29 is 0 Å². The standard InChI is InChI=1S/2C10H8.C5H12.3C2H6/c2*1-2-6-10-8-4-3-7-9(10)5-1;1-5(2,3)4;3*1-2/h2*1-8H;1-4H3;3*1-2H3. The Morgan fingerprint density at radius 1 is 0.323 bits per heavy atom. The fraction of sp³-hybridized carbons (Fsp3) is 0.355. The van der Waals surface area contributed by atoms with E-state index in [0.717, 1.165) is 0 Å². The van der Waals surface area contributed by atoms with Gasteiger partial charge in [0, 0.05) is 0 Å². The van der Waals surface area contributed by atoms with Crippen molar-refractivity contribution in [1.29, 1.82) is 0 Å². The van der Waals surface area contributed by atoms with Gasteiger partial charge in [-0.3, -0.25) is 0 Å². The molecule has 0 unspecified atom stereocenters. The highest BCUT2D eigenvalue weighted by molar-refractivity contribution is 5.82. The van der Waals surface area contributed by atoms with E-state index in [1.54, 1.807) is 0 Å². The Balaban J connectivity index is 0. The van der Waals surface area contributed by atoms with Gasteiger partial charge in [0.15, 0.2) is 0 Å². The number of hydrogen-bond acceptors (Lipinski definition) is 0. The largest absolute Gasteiger partial charge is 0.0683 e. The second-order valence-electron chi connectivity index (χ2n) is 7.69. The quantitative estimate of drug-likeness (QED) is 0.266. The van der Waals surface area contributed by atoms with Gasteiger partial charge in [-0.1, -0.05) is 166 Å². The number of fused-ring (bicyclic) bond motifs is 2. The summed E-state index contributed by atoms with van der Waals surface area (Å²) in [6.07, 6.45) is 0. The molecule has 0 aliphatic carbocycles. The second-order valence-corrected chi connectivity index (χ2v) is 7.69. The molecule has 0 heteroatoms. The van der Waals surface area contributed by atoms with E-state index in [0.29, 0.717) is 5.41 Å². The first kappa shape index (κ1) is 30.6. The highest BCUT2D eigenvalue weighted by Crippen LogP contribution is 2.12. The number of rotatable bonds is 0. The first-order chi connectivity index (χ1) is 14.9. The fourth-order valence-corrected chi connectivity index (χ4v) is 2.27. The molecule has 0 radical (unpaired) electrons. The first-order valence-electron chi connectivity index (χ1n) is 11.8. The molecule has 31 heavy (non-hydrogen) atoms. The maximum absolute atomic E-state index is 2.19. The van der Waals surface area contributed by atoms with Crippen LogP contribution in [0.25, 0.3) is 21.5 Å². The van der Waals surface area contributed by atoms with Crippen molar-refractivity contribution in [3.05, 3.63) is 97.1 Å². The maximum Gasteiger partial charge on any atom is -0.0184 e. The van der Waals surface area contributed by atoms with Gasteiger partial charge >= 0.3 is 0 Å². The Labute approximate surface area is 193 Å². The van der Waals surface area contributed by atoms with Crippen molar-refractivity contribution in [1.82, 2.24) is 0 Å². The zero-order valence-corrected chi connectivity index (χ0v) is 21.7. The normalized spacial score (nSPS) is 8.97. The molecule has 0 spiro atoms. The van der Waals surface area contributed by atoms with Gasteiger partial charge in [0.05, 0.1) is 0 Å². The van der Waals surface area contributed by atoms with Crippen LogP contribution in [-0.4, -0.2) is 0 Å². The van der Waals surface area contributed by atoms with Gasteiger partial charge in [0.2, 0.25) is 0 Å². The molecule has 0 saturated heterocycles. The SMILES string of the molecule is CC.CC.CC.CC(C)(C)C.c1ccc2ccccc2c1.c1ccc2ccccc2c1. The molecule has 0 nitrogen and oxygen atoms in total. The predicted octanol–water partition coefficient (Wildman–Crippen LogP) is 10.8. The van der Waals surface area contributed by atoms with E-state index in [-0.39, 0.29) is 0 Å². The van der Waals surface area contributed by atoms with Crippen LogP contribution in [0.4, 0.5) is 0 Å². The first-order valence-corrected chi connectivity index (χ1v) is 11.8. The van der Waals surface area contributed by atoms with Gasteiger partial charge in [-0.25, -0.2) is 0 Å². The summed E-state index contributed by atoms with van der Waals surface area (Å²) in [6.45, 7) is 20.8. The minimum absolute atomic E-state index is 0.500. The molecule has 4 aromatic carbocycles. The van der Waals surface area contributed by atoms with Crippen molar-refractivity contribution in [3.8, 4) is 0 Å². The van der Waals surface area contributed by atoms with Crippen LogP contribution in [0.2, 0.25) is 0 Å². The van der Waals surface area contributed by atoms with E-state index < -0.39 is 0 Å². The van der Waals surface area contributed by atoms with Crippen LogP contribution in [0.1, 0.15) is 69.2 Å². The second kappa shape index (κ2) is 19.4. The lowest BCUT2D eigenvalue weighted by atomic mass is 10.0. The van der Waals surface area contributed by atoms with E-state index in [2.05, 4.69) is 125 Å². The van der Waals surface area contributed by atoms with Crippen LogP contribution >= 0.6 is 0 Å². The Morgan fingerprint density at radius 2 is 0.419 bits per heavy atom. The zero-order valence-electron chi connectivity index (χ0n) is 21.7. The minimum Gasteiger partial charge on any atom is -0.0683 e. The molecule has 4 aromatic rings. The van der Waals surface area contributed by atoms with E-state index in [9.17, 15) is 0 Å². The van der Waals surface area contributed by atoms with Crippen LogP contribution in [-0.2, 0) is 0 Å². The number of hydrogen-bond donors (Lipinski definition) is 0. The van der Waals surface area contributed by atoms with Crippen molar-refractivity contribution in [2.24, 2.45) is 5.41 Å². The minimum atomic E-state index is 0.500. The average molecular weight is 419 g/mol. The summed E-state index contributed by atoms with van der Waals surface area (Å²) < 4.78 is 0. The van der Waals surface area contributed by atoms with E-state index in [1.807, 2.05) is 41.5 Å². The van der Waals surface area contributed by atoms with Crippen LogP contribution in [0.3, 0.4) is 0 Å². The molecule has 0 aliphatic heterocycles. The molecule has 4 rings (SSSR count). The van der Waals surface area contributed by atoms with Gasteiger partial charge in [0.25, 0.3) is 0 Å². The molecule has 0 fully saturated rings. The molecular weight excluding hydrogens is 372 g/mol. The lowest BCUT2D eigenvalue weighted by Crippen LogP contribution is -1.93. The van der Waals surface area contributed by atoms with Gasteiger partial charge < -0.3 is 0 Å². The third-order valence-corrected chi connectivity index (χ3v) is 3.32. The van der Waals surface area contributed by atoms with Gasteiger partial charge in [-0.15, -0.1) is 0 Å². The maximum atomic E-state index is 2.19. The van der Waals surface area contributed by atoms with E-state index >= 15 is 0 Å². The highest BCUT2D eigenvalue weighted by Gasteiger charge is 1.95. The molecule has 0 N–H and O–H groups in total. The van der Waals surface area contributed by atoms with Crippen LogP contribution < -0.4 is 0 Å². The molecule has 0 aliphatic rings. The van der Waals surface area contributed by atoms with Gasteiger partial charge in [-0.05, 0) is 27.0 Å². The van der Waals surface area contributed by atoms with E-state index in [4.69, 9.17) is 0 Å². The molecule has 0 aromatic heterocycles. The third kappa shape index (κ3) is 15.8. The van der Waals surface area contributed by atoms with Crippen LogP contribution in [0.15, 0.2) is 97.1 Å². The lowest BCUT2D eigenvalue weighted by Gasteiger charge is -2.05. The summed E-state index contributed by atoms with van der Waals surface area (Å²) in [7, 11) is 0. The fourth-order valence-electron chi connectivity index (χ4n) is 2.27. The Kier molecular flexibility index (Phi) is 19.1. The third-order valence-electron chi connectivity index (χ3n) is 3.32. The average Bonchev–Trinajstić information content (AvgIpc) is 2.82. The Morgan fingerprint density at radius 3 is 0.516 bits per heavy atom. The van der Waals surface area contributed by atoms with Crippen molar-refractivity contribution in [3.63, 3.8) is 0 Å². The summed E-state index contributed by atoms with van der Waals surface area (Å²) in [5.74, 6) is 0. The lowest BCUT2D eigenvalue weighted by molar-refractivity contribution is 0.469. The van der Waals surface area contributed by atoms with Crippen molar-refractivity contribution in [2.75, 3.05) is 0 Å². The topological polar surface area (TPSA) is 0 Å². The van der Waals surface area contributed by atoms with Crippen molar-refractivity contribution >= 4 is 21.5 Å². The smallest absolute Gasteiger partial charge is 0.0184 e. The highest BCUT2D eigenvalue weighted by atomic mass is 14.0. The van der Waals surface area contributed by atoms with Gasteiger partial charge in [0.1, 0.15) is 0 Å². The van der Waals surface area contributed by atoms with E-state index in [1.165, 1.54) is 21.5 Å². The monoisotopic (exact) mass is 418 g/mol. The summed E-state index contributed by atoms with van der Waals surface area (Å²) >= 11 is 0. The van der Waals surface area contributed by atoms with Crippen molar-refractivity contribution in [2.45, 2.75) is 69.2 Å². The zero-order chi connectivity index (χ0) is 24.1. The molecule has 170 valence electrons. The Hall–Kier alpha value is -2.60. The van der Waals surface area contributed by atoms with Gasteiger partial charge in [-0.2, -0.15) is 0 Å². The Bertz CT molecular complexity index is 690. The van der Waals surface area contributed by atoms with Crippen LogP contribution in [0.5, 0.6) is 0 Å². The molecule has 0 heterocycles. The molecular formula is C31H46. The summed E-state index contributed by atoms with van der Waals surface area (Å²) in [6, 6.07) is 33.4. The molecule has 0 saturated carbocycles.